The summed E-state index contributed by atoms with van der Waals surface area (Å²) in [6.07, 6.45) is 1.01. The molecular formula is C15H26N4O5. The van der Waals surface area contributed by atoms with Crippen LogP contribution in [0.2, 0.25) is 0 Å². The molecule has 1 saturated heterocycles. The van der Waals surface area contributed by atoms with Crippen LogP contribution in [0.25, 0.3) is 0 Å². The lowest BCUT2D eigenvalue weighted by Gasteiger charge is -2.34. The second kappa shape index (κ2) is 8.62. The summed E-state index contributed by atoms with van der Waals surface area (Å²) in [4.78, 5) is 46.9. The molecule has 9 heteroatoms. The van der Waals surface area contributed by atoms with Crippen molar-refractivity contribution in [1.29, 1.82) is 0 Å². The van der Waals surface area contributed by atoms with Crippen LogP contribution in [0.1, 0.15) is 40.5 Å². The van der Waals surface area contributed by atoms with Gasteiger partial charge in [-0.3, -0.25) is 24.2 Å². The van der Waals surface area contributed by atoms with Gasteiger partial charge in [-0.15, -0.1) is 0 Å². The topological polar surface area (TPSA) is 128 Å². The highest BCUT2D eigenvalue weighted by atomic mass is 16.4. The summed E-state index contributed by atoms with van der Waals surface area (Å²) in [6.45, 7) is 6.80. The first kappa shape index (κ1) is 19.9. The van der Waals surface area contributed by atoms with Gasteiger partial charge in [0, 0.05) is 13.5 Å². The van der Waals surface area contributed by atoms with Crippen molar-refractivity contribution in [3.8, 4) is 0 Å². The smallest absolute Gasteiger partial charge is 0.322 e. The van der Waals surface area contributed by atoms with Gasteiger partial charge in [-0.25, -0.2) is 5.43 Å². The summed E-state index contributed by atoms with van der Waals surface area (Å²) in [5.41, 5.74) is 2.65. The van der Waals surface area contributed by atoms with Crippen LogP contribution in [0.15, 0.2) is 0 Å². The van der Waals surface area contributed by atoms with Gasteiger partial charge in [0.2, 0.25) is 11.8 Å². The fraction of sp³-hybridized carbons (Fsp3) is 0.733. The number of nitrogens with one attached hydrogen (secondary N) is 3. The van der Waals surface area contributed by atoms with Gasteiger partial charge >= 0.3 is 5.97 Å². The van der Waals surface area contributed by atoms with Crippen LogP contribution in [0.3, 0.4) is 0 Å². The summed E-state index contributed by atoms with van der Waals surface area (Å²) in [5.74, 6) is -2.35. The number of hydrazine groups is 1. The van der Waals surface area contributed by atoms with Gasteiger partial charge in [-0.2, -0.15) is 0 Å². The number of hydrogen-bond acceptors (Lipinski definition) is 5. The van der Waals surface area contributed by atoms with Crippen LogP contribution in [-0.4, -0.2) is 58.5 Å². The predicted molar refractivity (Wildman–Crippen MR) is 85.6 cm³/mol. The van der Waals surface area contributed by atoms with Gasteiger partial charge < -0.3 is 15.7 Å². The van der Waals surface area contributed by atoms with Gasteiger partial charge in [0.1, 0.15) is 18.1 Å². The van der Waals surface area contributed by atoms with Gasteiger partial charge in [-0.05, 0) is 25.7 Å². The molecule has 9 nitrogen and oxygen atoms in total. The molecule has 1 rings (SSSR count). The van der Waals surface area contributed by atoms with E-state index in [1.54, 1.807) is 13.8 Å². The standard InChI is InChI=1S/C15H26N4O5/c1-8(2)12(17-10(4)20)13(21)16-9(3)14(22)19-7-5-6-11(18-19)15(23)24/h8-9,11-12,18H,5-7H2,1-4H3,(H,16,21)(H,17,20)(H,23,24)/t9-,11-,12?/m0/s1. The Morgan fingerprint density at radius 1 is 1.17 bits per heavy atom. The quantitative estimate of drug-likeness (QED) is 0.502. The number of carbonyl (C=O) groups is 4. The molecule has 1 unspecified atom stereocenters. The Kier molecular flexibility index (Phi) is 7.15. The minimum absolute atomic E-state index is 0.138. The van der Waals surface area contributed by atoms with Gasteiger partial charge in [0.05, 0.1) is 0 Å². The molecule has 0 aromatic heterocycles. The van der Waals surface area contributed by atoms with E-state index in [-0.39, 0.29) is 11.8 Å². The minimum atomic E-state index is -1.02. The van der Waals surface area contributed by atoms with E-state index in [0.29, 0.717) is 19.4 Å². The van der Waals surface area contributed by atoms with Gasteiger partial charge in [0.25, 0.3) is 5.91 Å². The van der Waals surface area contributed by atoms with Crippen LogP contribution >= 0.6 is 0 Å². The zero-order valence-electron chi connectivity index (χ0n) is 14.5. The molecule has 1 heterocycles. The van der Waals surface area contributed by atoms with Crippen molar-refractivity contribution in [3.05, 3.63) is 0 Å². The molecule has 0 saturated carbocycles. The Balaban J connectivity index is 2.66. The summed E-state index contributed by atoms with van der Waals surface area (Å²) in [5, 5.41) is 15.4. The van der Waals surface area contributed by atoms with E-state index in [1.165, 1.54) is 18.9 Å². The molecule has 0 spiro atoms. The highest BCUT2D eigenvalue weighted by Crippen LogP contribution is 2.09. The minimum Gasteiger partial charge on any atom is -0.480 e. The summed E-state index contributed by atoms with van der Waals surface area (Å²) in [7, 11) is 0. The number of hydrogen-bond donors (Lipinski definition) is 4. The molecule has 0 aliphatic carbocycles. The van der Waals surface area contributed by atoms with Crippen molar-refractivity contribution in [3.63, 3.8) is 0 Å². The SMILES string of the molecule is CC(=O)NC(C(=O)N[C@@H](C)C(=O)N1CCC[C@@H](C(=O)O)N1)C(C)C. The highest BCUT2D eigenvalue weighted by molar-refractivity contribution is 5.91. The monoisotopic (exact) mass is 342 g/mol. The van der Waals surface area contributed by atoms with Crippen LogP contribution in [-0.2, 0) is 19.2 Å². The summed E-state index contributed by atoms with van der Waals surface area (Å²) in [6, 6.07) is -2.39. The molecule has 24 heavy (non-hydrogen) atoms. The van der Waals surface area contributed by atoms with E-state index >= 15 is 0 Å². The average Bonchev–Trinajstić information content (AvgIpc) is 2.51. The van der Waals surface area contributed by atoms with E-state index in [4.69, 9.17) is 5.11 Å². The third-order valence-electron chi connectivity index (χ3n) is 3.79. The molecule has 3 atom stereocenters. The Morgan fingerprint density at radius 3 is 2.29 bits per heavy atom. The number of amides is 3. The van der Waals surface area contributed by atoms with Crippen LogP contribution in [0.5, 0.6) is 0 Å². The van der Waals surface area contributed by atoms with Crippen molar-refractivity contribution in [2.75, 3.05) is 6.54 Å². The Labute approximate surface area is 141 Å². The zero-order valence-corrected chi connectivity index (χ0v) is 14.5. The maximum Gasteiger partial charge on any atom is 0.322 e. The van der Waals surface area contributed by atoms with E-state index in [0.717, 1.165) is 0 Å². The van der Waals surface area contributed by atoms with Crippen molar-refractivity contribution in [1.82, 2.24) is 21.1 Å². The van der Waals surface area contributed by atoms with E-state index in [1.807, 2.05) is 0 Å². The zero-order chi connectivity index (χ0) is 18.4. The maximum atomic E-state index is 12.4. The van der Waals surface area contributed by atoms with E-state index in [2.05, 4.69) is 16.1 Å². The molecule has 4 N–H and O–H groups in total. The molecule has 3 amide bonds. The average molecular weight is 342 g/mol. The molecule has 0 aromatic rings. The van der Waals surface area contributed by atoms with E-state index in [9.17, 15) is 19.2 Å². The van der Waals surface area contributed by atoms with Gasteiger partial charge in [-0.1, -0.05) is 13.8 Å². The van der Waals surface area contributed by atoms with Crippen molar-refractivity contribution < 1.29 is 24.3 Å². The predicted octanol–water partition coefficient (Wildman–Crippen LogP) is -0.768. The number of carboxylic acids is 1. The largest absolute Gasteiger partial charge is 0.480 e. The second-order valence-electron chi connectivity index (χ2n) is 6.30. The third-order valence-corrected chi connectivity index (χ3v) is 3.79. The lowest BCUT2D eigenvalue weighted by molar-refractivity contribution is -0.148. The van der Waals surface area contributed by atoms with Crippen LogP contribution in [0.4, 0.5) is 0 Å². The summed E-state index contributed by atoms with van der Waals surface area (Å²) < 4.78 is 0. The number of aliphatic carboxylic acids is 1. The maximum absolute atomic E-state index is 12.4. The Hall–Kier alpha value is -2.16. The first-order valence-electron chi connectivity index (χ1n) is 8.01. The first-order valence-corrected chi connectivity index (χ1v) is 8.01. The highest BCUT2D eigenvalue weighted by Gasteiger charge is 2.32. The van der Waals surface area contributed by atoms with Gasteiger partial charge in [0.15, 0.2) is 0 Å². The van der Waals surface area contributed by atoms with Crippen LogP contribution < -0.4 is 16.1 Å². The molecule has 0 aromatic carbocycles. The molecular weight excluding hydrogens is 316 g/mol. The molecule has 1 aliphatic heterocycles. The number of carbonyl (C=O) groups excluding carboxylic acids is 3. The van der Waals surface area contributed by atoms with E-state index < -0.39 is 35.9 Å². The molecule has 0 radical (unpaired) electrons. The Bertz CT molecular complexity index is 508. The van der Waals surface area contributed by atoms with Crippen molar-refractivity contribution in [2.45, 2.75) is 58.7 Å². The number of carboxylic acid groups (broad SMARTS) is 1. The molecule has 1 aliphatic rings. The fourth-order valence-corrected chi connectivity index (χ4v) is 2.48. The second-order valence-corrected chi connectivity index (χ2v) is 6.30. The first-order chi connectivity index (χ1) is 11.1. The molecule has 0 bridgehead atoms. The van der Waals surface area contributed by atoms with Crippen molar-refractivity contribution >= 4 is 23.7 Å². The normalized spacial score (nSPS) is 20.2. The molecule has 136 valence electrons. The number of rotatable bonds is 6. The fourth-order valence-electron chi connectivity index (χ4n) is 2.48. The third kappa shape index (κ3) is 5.48. The van der Waals surface area contributed by atoms with Crippen molar-refractivity contribution in [2.24, 2.45) is 5.92 Å². The van der Waals surface area contributed by atoms with Crippen LogP contribution in [0, 0.1) is 5.92 Å². The summed E-state index contributed by atoms with van der Waals surface area (Å²) >= 11 is 0. The lowest BCUT2D eigenvalue weighted by atomic mass is 10.0. The number of nitrogens with zero attached hydrogens (tertiary/aromatic N) is 1. The molecule has 1 fully saturated rings. The lowest BCUT2D eigenvalue weighted by Crippen LogP contribution is -2.60. The Morgan fingerprint density at radius 2 is 1.79 bits per heavy atom.